The summed E-state index contributed by atoms with van der Waals surface area (Å²) in [6.07, 6.45) is 12.2. The zero-order valence-corrected chi connectivity index (χ0v) is 15.8. The molecule has 0 bridgehead atoms. The lowest BCUT2D eigenvalue weighted by molar-refractivity contribution is -0.143. The standard InChI is InChI=1S/C14H28O2.2C2H4O2/c1-3-5-6-7-8-9-10-11-12-13-14(15)16-4-2;2*1-2(3)4/h3-13H2,1-2H3;2*1H3,(H,3,4). The number of rotatable bonds is 11. The molecule has 2 N–H and O–H groups in total. The lowest BCUT2D eigenvalue weighted by Crippen LogP contribution is -2.03. The summed E-state index contributed by atoms with van der Waals surface area (Å²) < 4.78 is 4.87. The van der Waals surface area contributed by atoms with Gasteiger partial charge in [0.1, 0.15) is 0 Å². The fraction of sp³-hybridized carbons (Fsp3) is 0.833. The maximum atomic E-state index is 11.0. The van der Waals surface area contributed by atoms with Crippen molar-refractivity contribution >= 4 is 17.9 Å². The van der Waals surface area contributed by atoms with Gasteiger partial charge in [-0.1, -0.05) is 58.3 Å². The van der Waals surface area contributed by atoms with E-state index in [2.05, 4.69) is 6.92 Å². The summed E-state index contributed by atoms with van der Waals surface area (Å²) in [5, 5.41) is 14.8. The highest BCUT2D eigenvalue weighted by Crippen LogP contribution is 2.10. The second kappa shape index (κ2) is 23.7. The van der Waals surface area contributed by atoms with Crippen molar-refractivity contribution in [2.45, 2.75) is 91.9 Å². The molecule has 0 aromatic heterocycles. The predicted octanol–water partition coefficient (Wildman–Crippen LogP) is 4.65. The second-order valence-electron chi connectivity index (χ2n) is 5.42. The van der Waals surface area contributed by atoms with Gasteiger partial charge in [-0.05, 0) is 13.3 Å². The fourth-order valence-corrected chi connectivity index (χ4v) is 1.81. The van der Waals surface area contributed by atoms with Crippen LogP contribution >= 0.6 is 0 Å². The second-order valence-corrected chi connectivity index (χ2v) is 5.42. The Hall–Kier alpha value is -1.59. The van der Waals surface area contributed by atoms with Crippen LogP contribution in [0.5, 0.6) is 0 Å². The first-order valence-electron chi connectivity index (χ1n) is 8.82. The highest BCUT2D eigenvalue weighted by molar-refractivity contribution is 5.69. The molecular weight excluding hydrogens is 312 g/mol. The van der Waals surface area contributed by atoms with Crippen molar-refractivity contribution in [1.29, 1.82) is 0 Å². The van der Waals surface area contributed by atoms with Crippen LogP contribution in [0.15, 0.2) is 0 Å². The average Bonchev–Trinajstić information content (AvgIpc) is 2.44. The van der Waals surface area contributed by atoms with Crippen LogP contribution in [0, 0.1) is 0 Å². The number of ether oxygens (including phenoxy) is 1. The maximum Gasteiger partial charge on any atom is 0.305 e. The third kappa shape index (κ3) is 49.9. The Morgan fingerprint density at radius 3 is 1.38 bits per heavy atom. The number of unbranched alkanes of at least 4 members (excludes halogenated alkanes) is 8. The predicted molar refractivity (Wildman–Crippen MR) is 95.1 cm³/mol. The van der Waals surface area contributed by atoms with Gasteiger partial charge in [-0.25, -0.2) is 0 Å². The minimum atomic E-state index is -0.833. The number of carboxylic acids is 2. The summed E-state index contributed by atoms with van der Waals surface area (Å²) in [4.78, 5) is 29.0. The van der Waals surface area contributed by atoms with E-state index in [-0.39, 0.29) is 5.97 Å². The third-order valence-corrected chi connectivity index (χ3v) is 2.79. The molecule has 0 saturated heterocycles. The molecule has 0 unspecified atom stereocenters. The zero-order valence-electron chi connectivity index (χ0n) is 15.8. The lowest BCUT2D eigenvalue weighted by Gasteiger charge is -2.02. The molecule has 0 spiro atoms. The molecule has 0 radical (unpaired) electrons. The van der Waals surface area contributed by atoms with Gasteiger partial charge < -0.3 is 14.9 Å². The topological polar surface area (TPSA) is 101 Å². The number of carbonyl (C=O) groups is 3. The van der Waals surface area contributed by atoms with Gasteiger partial charge in [0.15, 0.2) is 0 Å². The van der Waals surface area contributed by atoms with E-state index < -0.39 is 11.9 Å². The number of carbonyl (C=O) groups excluding carboxylic acids is 1. The van der Waals surface area contributed by atoms with Crippen molar-refractivity contribution in [2.75, 3.05) is 6.61 Å². The van der Waals surface area contributed by atoms with Crippen molar-refractivity contribution in [3.8, 4) is 0 Å². The minimum Gasteiger partial charge on any atom is -0.481 e. The van der Waals surface area contributed by atoms with E-state index in [1.807, 2.05) is 6.92 Å². The van der Waals surface area contributed by atoms with Gasteiger partial charge in [-0.3, -0.25) is 14.4 Å². The molecular formula is C18H36O6. The van der Waals surface area contributed by atoms with Crippen LogP contribution < -0.4 is 0 Å². The molecule has 0 aromatic carbocycles. The molecule has 0 aliphatic heterocycles. The first-order valence-corrected chi connectivity index (χ1v) is 8.82. The van der Waals surface area contributed by atoms with Crippen molar-refractivity contribution < 1.29 is 29.3 Å². The van der Waals surface area contributed by atoms with Gasteiger partial charge >= 0.3 is 5.97 Å². The summed E-state index contributed by atoms with van der Waals surface area (Å²) >= 11 is 0. The molecule has 0 amide bonds. The van der Waals surface area contributed by atoms with Crippen LogP contribution in [-0.4, -0.2) is 34.7 Å². The zero-order chi connectivity index (χ0) is 19.2. The average molecular weight is 348 g/mol. The van der Waals surface area contributed by atoms with Crippen LogP contribution in [0.4, 0.5) is 0 Å². The van der Waals surface area contributed by atoms with Crippen LogP contribution in [0.1, 0.15) is 91.9 Å². The summed E-state index contributed by atoms with van der Waals surface area (Å²) in [5.41, 5.74) is 0. The highest BCUT2D eigenvalue weighted by atomic mass is 16.5. The molecule has 24 heavy (non-hydrogen) atoms. The van der Waals surface area contributed by atoms with Crippen molar-refractivity contribution in [2.24, 2.45) is 0 Å². The van der Waals surface area contributed by atoms with Gasteiger partial charge in [-0.2, -0.15) is 0 Å². The molecule has 6 nitrogen and oxygen atoms in total. The van der Waals surface area contributed by atoms with Gasteiger partial charge in [0.05, 0.1) is 6.61 Å². The molecule has 0 atom stereocenters. The third-order valence-electron chi connectivity index (χ3n) is 2.79. The quantitative estimate of drug-likeness (QED) is 0.416. The summed E-state index contributed by atoms with van der Waals surface area (Å²) in [5.74, 6) is -1.70. The summed E-state index contributed by atoms with van der Waals surface area (Å²) in [6, 6.07) is 0. The highest BCUT2D eigenvalue weighted by Gasteiger charge is 2.00. The molecule has 0 heterocycles. The van der Waals surface area contributed by atoms with E-state index in [1.54, 1.807) is 0 Å². The Morgan fingerprint density at radius 2 is 1.04 bits per heavy atom. The van der Waals surface area contributed by atoms with Gasteiger partial charge in [0.2, 0.25) is 0 Å². The van der Waals surface area contributed by atoms with Crippen LogP contribution in [-0.2, 0) is 19.1 Å². The van der Waals surface area contributed by atoms with E-state index in [9.17, 15) is 4.79 Å². The number of aliphatic carboxylic acids is 2. The molecule has 144 valence electrons. The van der Waals surface area contributed by atoms with Crippen LogP contribution in [0.3, 0.4) is 0 Å². The minimum absolute atomic E-state index is 0.0366. The van der Waals surface area contributed by atoms with Gasteiger partial charge in [-0.15, -0.1) is 0 Å². The van der Waals surface area contributed by atoms with Crippen molar-refractivity contribution in [1.82, 2.24) is 0 Å². The van der Waals surface area contributed by atoms with E-state index in [0.29, 0.717) is 13.0 Å². The van der Waals surface area contributed by atoms with Gasteiger partial charge in [0, 0.05) is 20.3 Å². The van der Waals surface area contributed by atoms with Crippen LogP contribution in [0.2, 0.25) is 0 Å². The Labute approximate surface area is 146 Å². The number of hydrogen-bond donors (Lipinski definition) is 2. The molecule has 0 saturated carbocycles. The van der Waals surface area contributed by atoms with Crippen molar-refractivity contribution in [3.63, 3.8) is 0 Å². The maximum absolute atomic E-state index is 11.0. The fourth-order valence-electron chi connectivity index (χ4n) is 1.81. The lowest BCUT2D eigenvalue weighted by atomic mass is 10.1. The molecule has 0 aliphatic rings. The van der Waals surface area contributed by atoms with E-state index in [0.717, 1.165) is 20.3 Å². The smallest absolute Gasteiger partial charge is 0.305 e. The number of hydrogen-bond acceptors (Lipinski definition) is 4. The first kappa shape index (κ1) is 27.3. The summed E-state index contributed by atoms with van der Waals surface area (Å²) in [7, 11) is 0. The normalized spacial score (nSPS) is 9.00. The van der Waals surface area contributed by atoms with Gasteiger partial charge in [0.25, 0.3) is 11.9 Å². The molecule has 0 fully saturated rings. The largest absolute Gasteiger partial charge is 0.481 e. The van der Waals surface area contributed by atoms with E-state index in [4.69, 9.17) is 24.5 Å². The van der Waals surface area contributed by atoms with Crippen molar-refractivity contribution in [3.05, 3.63) is 0 Å². The Kier molecular flexibility index (Phi) is 26.9. The molecule has 0 aliphatic carbocycles. The molecule has 0 rings (SSSR count). The SMILES string of the molecule is CC(=O)O.CC(=O)O.CCCCCCCCCCCC(=O)OCC. The van der Waals surface area contributed by atoms with E-state index in [1.165, 1.54) is 51.4 Å². The number of esters is 1. The Bertz CT molecular complexity index is 282. The monoisotopic (exact) mass is 348 g/mol. The number of carboxylic acid groups (broad SMARTS) is 2. The van der Waals surface area contributed by atoms with Crippen LogP contribution in [0.25, 0.3) is 0 Å². The Morgan fingerprint density at radius 1 is 0.708 bits per heavy atom. The molecule has 0 aromatic rings. The Balaban J connectivity index is -0.000000457. The summed E-state index contributed by atoms with van der Waals surface area (Å²) in [6.45, 7) is 6.78. The molecule has 6 heteroatoms. The van der Waals surface area contributed by atoms with E-state index >= 15 is 0 Å². The first-order chi connectivity index (χ1) is 11.3.